The standard InChI is InChI=1S/C21H22N4O/c1-14-11-15(2)25(24-14)20-10-9-18(13-22-20)23-21(26)12-17-8-7-16-5-3-4-6-19(16)17/h3-6,9-11,13,17H,7-8,12H2,1-2H3,(H,23,26). The summed E-state index contributed by atoms with van der Waals surface area (Å²) in [6, 6.07) is 14.2. The number of hydrogen-bond donors (Lipinski definition) is 1. The van der Waals surface area contributed by atoms with E-state index >= 15 is 0 Å². The van der Waals surface area contributed by atoms with Crippen LogP contribution in [-0.2, 0) is 11.2 Å². The third kappa shape index (κ3) is 3.25. The lowest BCUT2D eigenvalue weighted by atomic mass is 9.97. The number of hydrogen-bond acceptors (Lipinski definition) is 3. The van der Waals surface area contributed by atoms with Crippen molar-refractivity contribution < 1.29 is 4.79 Å². The Hall–Kier alpha value is -2.95. The Kier molecular flexibility index (Phi) is 4.29. The second kappa shape index (κ2) is 6.75. The van der Waals surface area contributed by atoms with Crippen LogP contribution < -0.4 is 5.32 Å². The molecule has 0 bridgehead atoms. The summed E-state index contributed by atoms with van der Waals surface area (Å²) < 4.78 is 1.80. The summed E-state index contributed by atoms with van der Waals surface area (Å²) in [6.45, 7) is 3.95. The zero-order chi connectivity index (χ0) is 18.1. The molecule has 3 aromatic rings. The van der Waals surface area contributed by atoms with E-state index in [9.17, 15) is 4.79 Å². The Labute approximate surface area is 153 Å². The second-order valence-corrected chi connectivity index (χ2v) is 6.93. The first-order valence-electron chi connectivity index (χ1n) is 8.97. The van der Waals surface area contributed by atoms with E-state index in [-0.39, 0.29) is 5.91 Å². The van der Waals surface area contributed by atoms with E-state index in [0.717, 1.165) is 30.0 Å². The fourth-order valence-electron chi connectivity index (χ4n) is 3.74. The first-order chi connectivity index (χ1) is 12.6. The van der Waals surface area contributed by atoms with Crippen molar-refractivity contribution in [3.8, 4) is 5.82 Å². The third-order valence-corrected chi connectivity index (χ3v) is 4.95. The number of nitrogens with zero attached hydrogens (tertiary/aromatic N) is 3. The summed E-state index contributed by atoms with van der Waals surface area (Å²) in [5, 5.41) is 7.39. The number of benzene rings is 1. The topological polar surface area (TPSA) is 59.8 Å². The highest BCUT2D eigenvalue weighted by atomic mass is 16.1. The predicted molar refractivity (Wildman–Crippen MR) is 102 cm³/mol. The average Bonchev–Trinajstić information content (AvgIpc) is 3.18. The number of rotatable bonds is 4. The van der Waals surface area contributed by atoms with Gasteiger partial charge in [-0.3, -0.25) is 4.79 Å². The van der Waals surface area contributed by atoms with E-state index in [2.05, 4.69) is 39.7 Å². The van der Waals surface area contributed by atoms with Gasteiger partial charge < -0.3 is 5.32 Å². The van der Waals surface area contributed by atoms with Crippen molar-refractivity contribution in [3.05, 3.63) is 71.2 Å². The Bertz CT molecular complexity index is 943. The molecule has 0 aliphatic heterocycles. The molecule has 0 fully saturated rings. The molecule has 26 heavy (non-hydrogen) atoms. The fourth-order valence-corrected chi connectivity index (χ4v) is 3.74. The zero-order valence-electron chi connectivity index (χ0n) is 15.1. The highest BCUT2D eigenvalue weighted by molar-refractivity contribution is 5.91. The van der Waals surface area contributed by atoms with Gasteiger partial charge in [0.2, 0.25) is 5.91 Å². The second-order valence-electron chi connectivity index (χ2n) is 6.93. The molecule has 4 rings (SSSR count). The number of anilines is 1. The maximum Gasteiger partial charge on any atom is 0.225 e. The van der Waals surface area contributed by atoms with Crippen LogP contribution in [0.2, 0.25) is 0 Å². The van der Waals surface area contributed by atoms with Gasteiger partial charge in [0.25, 0.3) is 0 Å². The van der Waals surface area contributed by atoms with Gasteiger partial charge in [-0.1, -0.05) is 24.3 Å². The fraction of sp³-hybridized carbons (Fsp3) is 0.286. The molecule has 1 amide bonds. The average molecular weight is 346 g/mol. The van der Waals surface area contributed by atoms with E-state index in [1.54, 1.807) is 10.9 Å². The van der Waals surface area contributed by atoms with Crippen molar-refractivity contribution in [1.82, 2.24) is 14.8 Å². The number of carbonyl (C=O) groups excluding carboxylic acids is 1. The molecule has 0 saturated heterocycles. The Morgan fingerprint density at radius 2 is 2.08 bits per heavy atom. The van der Waals surface area contributed by atoms with E-state index in [0.29, 0.717) is 18.0 Å². The Morgan fingerprint density at radius 1 is 1.23 bits per heavy atom. The van der Waals surface area contributed by atoms with Gasteiger partial charge in [-0.25, -0.2) is 9.67 Å². The van der Waals surface area contributed by atoms with Crippen molar-refractivity contribution in [3.63, 3.8) is 0 Å². The highest BCUT2D eigenvalue weighted by Crippen LogP contribution is 2.35. The minimum absolute atomic E-state index is 0.0346. The minimum Gasteiger partial charge on any atom is -0.325 e. The van der Waals surface area contributed by atoms with Crippen LogP contribution in [0.3, 0.4) is 0 Å². The van der Waals surface area contributed by atoms with Crippen molar-refractivity contribution >= 4 is 11.6 Å². The lowest BCUT2D eigenvalue weighted by Gasteiger charge is -2.12. The lowest BCUT2D eigenvalue weighted by molar-refractivity contribution is -0.116. The first-order valence-corrected chi connectivity index (χ1v) is 8.97. The number of aromatic nitrogens is 3. The molecule has 1 aliphatic carbocycles. The van der Waals surface area contributed by atoms with Crippen LogP contribution in [0.4, 0.5) is 5.69 Å². The van der Waals surface area contributed by atoms with Crippen LogP contribution in [0.15, 0.2) is 48.7 Å². The smallest absolute Gasteiger partial charge is 0.225 e. The number of nitrogens with one attached hydrogen (secondary N) is 1. The highest BCUT2D eigenvalue weighted by Gasteiger charge is 2.24. The summed E-state index contributed by atoms with van der Waals surface area (Å²) in [6.07, 6.45) is 4.30. The number of pyridine rings is 1. The predicted octanol–water partition coefficient (Wildman–Crippen LogP) is 3.94. The molecule has 2 heterocycles. The molecule has 5 nitrogen and oxygen atoms in total. The quantitative estimate of drug-likeness (QED) is 0.778. The molecule has 0 radical (unpaired) electrons. The maximum atomic E-state index is 12.4. The molecule has 0 spiro atoms. The number of amides is 1. The summed E-state index contributed by atoms with van der Waals surface area (Å²) in [5.41, 5.74) is 5.40. The van der Waals surface area contributed by atoms with Crippen LogP contribution >= 0.6 is 0 Å². The van der Waals surface area contributed by atoms with Crippen LogP contribution in [0.5, 0.6) is 0 Å². The molecule has 1 aromatic carbocycles. The Balaban J connectivity index is 1.41. The molecular weight excluding hydrogens is 324 g/mol. The van der Waals surface area contributed by atoms with Gasteiger partial charge in [-0.2, -0.15) is 5.10 Å². The zero-order valence-corrected chi connectivity index (χ0v) is 15.1. The monoisotopic (exact) mass is 346 g/mol. The summed E-state index contributed by atoms with van der Waals surface area (Å²) in [5.74, 6) is 1.10. The van der Waals surface area contributed by atoms with Crippen molar-refractivity contribution in [1.29, 1.82) is 0 Å². The van der Waals surface area contributed by atoms with Gasteiger partial charge >= 0.3 is 0 Å². The molecule has 1 aliphatic rings. The summed E-state index contributed by atoms with van der Waals surface area (Å²) >= 11 is 0. The summed E-state index contributed by atoms with van der Waals surface area (Å²) in [4.78, 5) is 16.9. The molecule has 1 unspecified atom stereocenters. The molecule has 1 N–H and O–H groups in total. The van der Waals surface area contributed by atoms with Gasteiger partial charge in [0, 0.05) is 12.1 Å². The van der Waals surface area contributed by atoms with Crippen LogP contribution in [0.1, 0.15) is 41.3 Å². The first kappa shape index (κ1) is 16.5. The number of carbonyl (C=O) groups is 1. The van der Waals surface area contributed by atoms with Crippen molar-refractivity contribution in [2.24, 2.45) is 0 Å². The van der Waals surface area contributed by atoms with Gasteiger partial charge in [0.1, 0.15) is 0 Å². The molecule has 1 atom stereocenters. The molecule has 2 aromatic heterocycles. The van der Waals surface area contributed by atoms with Gasteiger partial charge in [0.15, 0.2) is 5.82 Å². The summed E-state index contributed by atoms with van der Waals surface area (Å²) in [7, 11) is 0. The largest absolute Gasteiger partial charge is 0.325 e. The van der Waals surface area contributed by atoms with Gasteiger partial charge in [-0.05, 0) is 61.9 Å². The maximum absolute atomic E-state index is 12.4. The number of aryl methyl sites for hydroxylation is 3. The minimum atomic E-state index is 0.0346. The van der Waals surface area contributed by atoms with Gasteiger partial charge in [-0.15, -0.1) is 0 Å². The normalized spacial score (nSPS) is 15.7. The van der Waals surface area contributed by atoms with E-state index in [1.165, 1.54) is 11.1 Å². The molecular formula is C21H22N4O. The molecule has 132 valence electrons. The number of fused-ring (bicyclic) bond motifs is 1. The van der Waals surface area contributed by atoms with E-state index in [4.69, 9.17) is 0 Å². The Morgan fingerprint density at radius 3 is 2.81 bits per heavy atom. The van der Waals surface area contributed by atoms with Gasteiger partial charge in [0.05, 0.1) is 17.6 Å². The third-order valence-electron chi connectivity index (χ3n) is 4.95. The lowest BCUT2D eigenvalue weighted by Crippen LogP contribution is -2.15. The molecule has 0 saturated carbocycles. The van der Waals surface area contributed by atoms with Crippen molar-refractivity contribution in [2.45, 2.75) is 39.0 Å². The molecule has 5 heteroatoms. The van der Waals surface area contributed by atoms with E-state index in [1.807, 2.05) is 32.0 Å². The SMILES string of the molecule is Cc1cc(C)n(-c2ccc(NC(=O)CC3CCc4ccccc43)cn2)n1. The van der Waals surface area contributed by atoms with Crippen LogP contribution in [0, 0.1) is 13.8 Å². The van der Waals surface area contributed by atoms with E-state index < -0.39 is 0 Å². The van der Waals surface area contributed by atoms with Crippen molar-refractivity contribution in [2.75, 3.05) is 5.32 Å². The van der Waals surface area contributed by atoms with Crippen LogP contribution in [0.25, 0.3) is 5.82 Å². The van der Waals surface area contributed by atoms with Crippen LogP contribution in [-0.4, -0.2) is 20.7 Å².